The van der Waals surface area contributed by atoms with Gasteiger partial charge < -0.3 is 20.1 Å². The highest BCUT2D eigenvalue weighted by molar-refractivity contribution is 5.97. The zero-order valence-electron chi connectivity index (χ0n) is 18.0. The molecule has 1 saturated heterocycles. The Kier molecular flexibility index (Phi) is 5.76. The van der Waals surface area contributed by atoms with Crippen LogP contribution in [0, 0.1) is 0 Å². The van der Waals surface area contributed by atoms with Crippen LogP contribution in [0.25, 0.3) is 11.7 Å². The van der Waals surface area contributed by atoms with Crippen LogP contribution in [0.4, 0.5) is 4.39 Å². The van der Waals surface area contributed by atoms with Gasteiger partial charge in [0.25, 0.3) is 11.5 Å². The van der Waals surface area contributed by atoms with Gasteiger partial charge in [0.05, 0.1) is 26.0 Å². The number of hydrogen-bond acceptors (Lipinski definition) is 6. The summed E-state index contributed by atoms with van der Waals surface area (Å²) in [6.45, 7) is 4.10. The first kappa shape index (κ1) is 22.0. The molecule has 0 unspecified atom stereocenters. The summed E-state index contributed by atoms with van der Waals surface area (Å²) in [5.74, 6) is -1.59. The predicted octanol–water partition coefficient (Wildman–Crippen LogP) is 0.714. The van der Waals surface area contributed by atoms with Gasteiger partial charge in [-0.15, -0.1) is 0 Å². The lowest BCUT2D eigenvalue weighted by molar-refractivity contribution is -0.129. The minimum Gasteiger partial charge on any atom is -0.492 e. The van der Waals surface area contributed by atoms with E-state index in [-0.39, 0.29) is 24.1 Å². The molecule has 172 valence electrons. The smallest absolute Gasteiger partial charge is 0.270 e. The van der Waals surface area contributed by atoms with Gasteiger partial charge >= 0.3 is 0 Å². The molecule has 2 fully saturated rings. The average Bonchev–Trinajstić information content (AvgIpc) is 3.44. The fourth-order valence-electron chi connectivity index (χ4n) is 3.59. The summed E-state index contributed by atoms with van der Waals surface area (Å²) in [7, 11) is 0. The molecule has 2 aromatic rings. The second kappa shape index (κ2) is 8.38. The van der Waals surface area contributed by atoms with Crippen molar-refractivity contribution in [3.05, 3.63) is 33.8 Å². The number of ether oxygens (including phenoxy) is 1. The minimum absolute atomic E-state index is 0.0367. The number of halogens is 1. The molecule has 2 N–H and O–H groups in total. The number of hydrogen-bond donors (Lipinski definition) is 2. The SMILES string of the molecule is CC(C)(F)Cn1c(=O)c(C(=O)NC2CC2)c(O)n2ncc(C=CC(=O)N3CCOCC3)c12. The number of nitrogens with one attached hydrogen (secondary N) is 1. The number of aromatic nitrogens is 3. The maximum atomic E-state index is 14.6. The van der Waals surface area contributed by atoms with Crippen molar-refractivity contribution in [2.45, 2.75) is 44.9 Å². The molecule has 32 heavy (non-hydrogen) atoms. The highest BCUT2D eigenvalue weighted by Gasteiger charge is 2.31. The van der Waals surface area contributed by atoms with Crippen LogP contribution in [0.1, 0.15) is 42.6 Å². The van der Waals surface area contributed by atoms with Crippen molar-refractivity contribution in [2.75, 3.05) is 26.3 Å². The summed E-state index contributed by atoms with van der Waals surface area (Å²) < 4.78 is 21.9. The topological polar surface area (TPSA) is 118 Å². The molecule has 1 saturated carbocycles. The van der Waals surface area contributed by atoms with Crippen LogP contribution in [0.15, 0.2) is 17.1 Å². The van der Waals surface area contributed by atoms with E-state index in [0.717, 1.165) is 21.9 Å². The van der Waals surface area contributed by atoms with E-state index in [9.17, 15) is 23.9 Å². The number of alkyl halides is 1. The van der Waals surface area contributed by atoms with Gasteiger partial charge in [-0.3, -0.25) is 19.0 Å². The molecular weight excluding hydrogens is 421 g/mol. The maximum Gasteiger partial charge on any atom is 0.270 e. The molecule has 1 aliphatic carbocycles. The molecule has 11 heteroatoms. The third kappa shape index (κ3) is 4.52. The number of fused-ring (bicyclic) bond motifs is 1. The lowest BCUT2D eigenvalue weighted by atomic mass is 10.1. The van der Waals surface area contributed by atoms with Gasteiger partial charge in [0, 0.05) is 30.8 Å². The molecule has 1 aliphatic heterocycles. The molecule has 0 atom stereocenters. The molecule has 2 amide bonds. The Hall–Kier alpha value is -3.21. The number of carbonyl (C=O) groups excluding carboxylic acids is 2. The molecule has 2 aromatic heterocycles. The Labute approximate surface area is 183 Å². The summed E-state index contributed by atoms with van der Waals surface area (Å²) in [4.78, 5) is 39.9. The summed E-state index contributed by atoms with van der Waals surface area (Å²) >= 11 is 0. The van der Waals surface area contributed by atoms with Crippen LogP contribution in [-0.2, 0) is 16.1 Å². The van der Waals surface area contributed by atoms with Crippen LogP contribution < -0.4 is 10.9 Å². The van der Waals surface area contributed by atoms with E-state index >= 15 is 0 Å². The fraction of sp³-hybridized carbons (Fsp3) is 0.524. The van der Waals surface area contributed by atoms with Crippen LogP contribution >= 0.6 is 0 Å². The van der Waals surface area contributed by atoms with E-state index in [2.05, 4.69) is 10.4 Å². The molecule has 2 aliphatic rings. The van der Waals surface area contributed by atoms with Crippen LogP contribution in [0.2, 0.25) is 0 Å². The molecule has 10 nitrogen and oxygen atoms in total. The van der Waals surface area contributed by atoms with E-state index in [1.165, 1.54) is 32.2 Å². The number of carbonyl (C=O) groups is 2. The molecule has 0 radical (unpaired) electrons. The van der Waals surface area contributed by atoms with Crippen molar-refractivity contribution in [3.63, 3.8) is 0 Å². The largest absolute Gasteiger partial charge is 0.492 e. The van der Waals surface area contributed by atoms with Gasteiger partial charge in [-0.2, -0.15) is 9.61 Å². The maximum absolute atomic E-state index is 14.6. The van der Waals surface area contributed by atoms with Gasteiger partial charge in [0.2, 0.25) is 11.8 Å². The lowest BCUT2D eigenvalue weighted by Crippen LogP contribution is -2.39. The van der Waals surface area contributed by atoms with Crippen molar-refractivity contribution in [1.82, 2.24) is 24.4 Å². The molecule has 0 spiro atoms. The zero-order valence-corrected chi connectivity index (χ0v) is 18.0. The Balaban J connectivity index is 1.78. The zero-order chi connectivity index (χ0) is 23.0. The van der Waals surface area contributed by atoms with Crippen LogP contribution in [-0.4, -0.2) is 74.0 Å². The van der Waals surface area contributed by atoms with Crippen molar-refractivity contribution in [3.8, 4) is 5.88 Å². The quantitative estimate of drug-likeness (QED) is 0.630. The van der Waals surface area contributed by atoms with Gasteiger partial charge in [0.1, 0.15) is 11.3 Å². The first-order valence-corrected chi connectivity index (χ1v) is 10.5. The van der Waals surface area contributed by atoms with Crippen molar-refractivity contribution in [1.29, 1.82) is 0 Å². The van der Waals surface area contributed by atoms with Gasteiger partial charge in [-0.1, -0.05) is 0 Å². The van der Waals surface area contributed by atoms with Crippen molar-refractivity contribution < 1.29 is 23.8 Å². The highest BCUT2D eigenvalue weighted by Crippen LogP contribution is 2.24. The van der Waals surface area contributed by atoms with E-state index in [0.29, 0.717) is 31.9 Å². The van der Waals surface area contributed by atoms with Crippen molar-refractivity contribution >= 4 is 23.5 Å². The van der Waals surface area contributed by atoms with Crippen LogP contribution in [0.3, 0.4) is 0 Å². The third-order valence-electron chi connectivity index (χ3n) is 5.31. The fourth-order valence-corrected chi connectivity index (χ4v) is 3.59. The van der Waals surface area contributed by atoms with Gasteiger partial charge in [-0.25, -0.2) is 4.39 Å². The van der Waals surface area contributed by atoms with E-state index in [4.69, 9.17) is 4.74 Å². The Morgan fingerprint density at radius 1 is 1.34 bits per heavy atom. The number of rotatable bonds is 6. The molecule has 4 rings (SSSR count). The standard InChI is InChI=1S/C21H26FN5O5/c1-21(2,22)12-26-18-13(3-6-15(28)25-7-9-32-10-8-25)11-23-27(18)20(31)16(19(26)30)17(29)24-14-4-5-14/h3,6,11,14,31H,4-5,7-10,12H2,1-2H3,(H,24,29). The molecular formula is C21H26FN5O5. The minimum atomic E-state index is -1.79. The third-order valence-corrected chi connectivity index (χ3v) is 5.31. The van der Waals surface area contributed by atoms with Gasteiger partial charge in [-0.05, 0) is 32.8 Å². The first-order chi connectivity index (χ1) is 15.2. The van der Waals surface area contributed by atoms with Gasteiger partial charge in [0.15, 0.2) is 5.56 Å². The van der Waals surface area contributed by atoms with Crippen LogP contribution in [0.5, 0.6) is 5.88 Å². The molecule has 0 aromatic carbocycles. The second-order valence-corrected chi connectivity index (χ2v) is 8.66. The first-order valence-electron chi connectivity index (χ1n) is 10.5. The number of amides is 2. The van der Waals surface area contributed by atoms with E-state index in [1.807, 2.05) is 0 Å². The molecule has 0 bridgehead atoms. The van der Waals surface area contributed by atoms with E-state index < -0.39 is 28.6 Å². The predicted molar refractivity (Wildman–Crippen MR) is 113 cm³/mol. The highest BCUT2D eigenvalue weighted by atomic mass is 19.1. The summed E-state index contributed by atoms with van der Waals surface area (Å²) in [5.41, 5.74) is -2.68. The number of morpholine rings is 1. The number of nitrogens with zero attached hydrogens (tertiary/aromatic N) is 4. The molecule has 3 heterocycles. The summed E-state index contributed by atoms with van der Waals surface area (Å²) in [5, 5.41) is 17.4. The number of aromatic hydroxyl groups is 1. The summed E-state index contributed by atoms with van der Waals surface area (Å²) in [6, 6.07) is -0.0367. The monoisotopic (exact) mass is 447 g/mol. The Bertz CT molecular complexity index is 1140. The lowest BCUT2D eigenvalue weighted by Gasteiger charge is -2.25. The Morgan fingerprint density at radius 2 is 2.03 bits per heavy atom. The normalized spacial score (nSPS) is 17.3. The summed E-state index contributed by atoms with van der Waals surface area (Å²) in [6.07, 6.45) is 5.75. The average molecular weight is 447 g/mol. The van der Waals surface area contributed by atoms with Crippen molar-refractivity contribution in [2.24, 2.45) is 0 Å². The second-order valence-electron chi connectivity index (χ2n) is 8.66. The van der Waals surface area contributed by atoms with E-state index in [1.54, 1.807) is 4.90 Å². The Morgan fingerprint density at radius 3 is 2.66 bits per heavy atom.